The van der Waals surface area contributed by atoms with Gasteiger partial charge in [0.2, 0.25) is 0 Å². The van der Waals surface area contributed by atoms with Crippen molar-refractivity contribution in [1.82, 2.24) is 19.6 Å². The number of aromatic nitrogens is 2. The summed E-state index contributed by atoms with van der Waals surface area (Å²) in [6.45, 7) is 8.73. The summed E-state index contributed by atoms with van der Waals surface area (Å²) < 4.78 is 6.39. The van der Waals surface area contributed by atoms with Crippen LogP contribution in [0.3, 0.4) is 0 Å². The van der Waals surface area contributed by atoms with E-state index in [2.05, 4.69) is 22.0 Å². The van der Waals surface area contributed by atoms with Gasteiger partial charge in [-0.1, -0.05) is 13.0 Å². The molecular weight excluding hydrogens is 396 g/mol. The Morgan fingerprint density at radius 2 is 2.10 bits per heavy atom. The van der Waals surface area contributed by atoms with E-state index < -0.39 is 5.91 Å². The van der Waals surface area contributed by atoms with Gasteiger partial charge in [-0.25, -0.2) is 4.98 Å². The first kappa shape index (κ1) is 22.5. The number of ether oxygens (including phenoxy) is 1. The molecule has 0 radical (unpaired) electrons. The van der Waals surface area contributed by atoms with Crippen molar-refractivity contribution in [2.45, 2.75) is 13.8 Å². The van der Waals surface area contributed by atoms with Crippen LogP contribution in [0.4, 0.5) is 5.82 Å². The number of carbonyl (C=O) groups excluding carboxylic acids is 1. The molecule has 2 aromatic heterocycles. The number of fused-ring (bicyclic) bond motifs is 1. The smallest absolute Gasteiger partial charge is 0.267 e. The van der Waals surface area contributed by atoms with Crippen molar-refractivity contribution < 1.29 is 9.53 Å². The van der Waals surface area contributed by atoms with Crippen LogP contribution in [0.25, 0.3) is 11.7 Å². The van der Waals surface area contributed by atoms with Crippen molar-refractivity contribution in [2.75, 3.05) is 57.9 Å². The van der Waals surface area contributed by atoms with Crippen LogP contribution in [0, 0.1) is 18.3 Å². The van der Waals surface area contributed by atoms with Gasteiger partial charge < -0.3 is 19.9 Å². The first-order valence-electron chi connectivity index (χ1n) is 10.4. The number of likely N-dealkylation sites (N-methyl/N-ethyl adjacent to an activating group) is 1. The molecule has 3 heterocycles. The van der Waals surface area contributed by atoms with Gasteiger partial charge in [0.15, 0.2) is 0 Å². The van der Waals surface area contributed by atoms with E-state index in [0.717, 1.165) is 25.2 Å². The van der Waals surface area contributed by atoms with Gasteiger partial charge in [-0.15, -0.1) is 0 Å². The molecule has 0 aromatic carbocycles. The van der Waals surface area contributed by atoms with Crippen LogP contribution in [0.15, 0.2) is 28.7 Å². The lowest BCUT2D eigenvalue weighted by Gasteiger charge is -2.35. The second kappa shape index (κ2) is 10.2. The summed E-state index contributed by atoms with van der Waals surface area (Å²) >= 11 is 0. The predicted molar refractivity (Wildman–Crippen MR) is 119 cm³/mol. The molecule has 0 spiro atoms. The average molecular weight is 425 g/mol. The summed E-state index contributed by atoms with van der Waals surface area (Å²) in [5.41, 5.74) is 1.24. The van der Waals surface area contributed by atoms with Crippen molar-refractivity contribution in [3.63, 3.8) is 0 Å². The summed E-state index contributed by atoms with van der Waals surface area (Å²) in [5, 5.41) is 12.2. The van der Waals surface area contributed by atoms with Gasteiger partial charge in [0.1, 0.15) is 23.1 Å². The lowest BCUT2D eigenvalue weighted by Crippen LogP contribution is -2.47. The molecule has 1 saturated heterocycles. The maximum absolute atomic E-state index is 13.4. The molecule has 9 nitrogen and oxygen atoms in total. The highest BCUT2D eigenvalue weighted by Gasteiger charge is 2.23. The minimum atomic E-state index is -0.546. The number of piperazine rings is 1. The van der Waals surface area contributed by atoms with Crippen molar-refractivity contribution >= 4 is 23.4 Å². The second-order valence-corrected chi connectivity index (χ2v) is 7.38. The maximum atomic E-state index is 13.4. The molecule has 1 fully saturated rings. The van der Waals surface area contributed by atoms with Crippen molar-refractivity contribution in [3.05, 3.63) is 45.4 Å². The van der Waals surface area contributed by atoms with Crippen LogP contribution in [0.1, 0.15) is 18.1 Å². The minimum Gasteiger partial charge on any atom is -0.383 e. The standard InChI is InChI=1S/C22H28N6O3/c1-4-26-9-11-27(12-10-26)20-18(14-17(15-23)21(29)24-7-13-31-3)22(30)28-8-5-6-16(2)19(28)25-20/h5-6,8,14H,4,7,9-13H2,1-3H3,(H,24,29)/b17-14+. The van der Waals surface area contributed by atoms with Crippen molar-refractivity contribution in [1.29, 1.82) is 5.26 Å². The van der Waals surface area contributed by atoms with Crippen LogP contribution in [0.2, 0.25) is 0 Å². The van der Waals surface area contributed by atoms with Gasteiger partial charge >= 0.3 is 0 Å². The molecule has 0 bridgehead atoms. The summed E-state index contributed by atoms with van der Waals surface area (Å²) in [7, 11) is 1.53. The Kier molecular flexibility index (Phi) is 7.39. The molecule has 1 aliphatic heterocycles. The number of rotatable bonds is 7. The SMILES string of the molecule is CCN1CCN(c2nc3c(C)cccn3c(=O)c2/C=C(\C#N)C(=O)NCCOC)CC1. The molecule has 31 heavy (non-hydrogen) atoms. The number of methoxy groups -OCH3 is 1. The normalized spacial score (nSPS) is 15.2. The molecule has 0 aliphatic carbocycles. The van der Waals surface area contributed by atoms with Crippen LogP contribution < -0.4 is 15.8 Å². The van der Waals surface area contributed by atoms with Gasteiger partial charge in [-0.2, -0.15) is 5.26 Å². The first-order valence-corrected chi connectivity index (χ1v) is 10.4. The molecule has 1 N–H and O–H groups in total. The number of nitrogens with one attached hydrogen (secondary N) is 1. The summed E-state index contributed by atoms with van der Waals surface area (Å²) in [4.78, 5) is 35.0. The van der Waals surface area contributed by atoms with Crippen molar-refractivity contribution in [2.24, 2.45) is 0 Å². The highest BCUT2D eigenvalue weighted by Crippen LogP contribution is 2.21. The van der Waals surface area contributed by atoms with Gasteiger partial charge in [0, 0.05) is 46.0 Å². The Morgan fingerprint density at radius 3 is 2.74 bits per heavy atom. The molecule has 0 unspecified atom stereocenters. The monoisotopic (exact) mass is 424 g/mol. The zero-order valence-electron chi connectivity index (χ0n) is 18.2. The lowest BCUT2D eigenvalue weighted by molar-refractivity contribution is -0.117. The fraction of sp³-hybridized carbons (Fsp3) is 0.455. The number of pyridine rings is 1. The number of aryl methyl sites for hydroxylation is 1. The molecule has 0 atom stereocenters. The average Bonchev–Trinajstić information content (AvgIpc) is 2.79. The molecule has 1 aliphatic rings. The quantitative estimate of drug-likeness (QED) is 0.399. The van der Waals surface area contributed by atoms with Gasteiger partial charge in [-0.05, 0) is 31.2 Å². The van der Waals surface area contributed by atoms with Crippen LogP contribution in [0.5, 0.6) is 0 Å². The summed E-state index contributed by atoms with van der Waals surface area (Å²) in [5.74, 6) is -0.0393. The molecule has 3 rings (SSSR count). The highest BCUT2D eigenvalue weighted by atomic mass is 16.5. The molecule has 2 aromatic rings. The third-order valence-electron chi connectivity index (χ3n) is 5.43. The number of amides is 1. The topological polar surface area (TPSA) is 103 Å². The molecular formula is C22H28N6O3. The number of carbonyl (C=O) groups is 1. The number of nitriles is 1. The van der Waals surface area contributed by atoms with Crippen LogP contribution in [-0.4, -0.2) is 73.2 Å². The Balaban J connectivity index is 2.10. The number of anilines is 1. The van der Waals surface area contributed by atoms with Crippen LogP contribution in [-0.2, 0) is 9.53 Å². The van der Waals surface area contributed by atoms with E-state index >= 15 is 0 Å². The number of hydrogen-bond acceptors (Lipinski definition) is 7. The Bertz CT molecular complexity index is 1080. The lowest BCUT2D eigenvalue weighted by atomic mass is 10.1. The van der Waals surface area contributed by atoms with Gasteiger partial charge in [-0.3, -0.25) is 14.0 Å². The Hall–Kier alpha value is -3.22. The van der Waals surface area contributed by atoms with E-state index in [9.17, 15) is 14.9 Å². The first-order chi connectivity index (χ1) is 15.0. The third-order valence-corrected chi connectivity index (χ3v) is 5.43. The van der Waals surface area contributed by atoms with E-state index in [1.807, 2.05) is 19.1 Å². The largest absolute Gasteiger partial charge is 0.383 e. The van der Waals surface area contributed by atoms with E-state index in [0.29, 0.717) is 31.2 Å². The fourth-order valence-electron chi connectivity index (χ4n) is 3.60. The highest BCUT2D eigenvalue weighted by molar-refractivity contribution is 6.02. The molecule has 1 amide bonds. The molecule has 164 valence electrons. The van der Waals surface area contributed by atoms with Gasteiger partial charge in [0.25, 0.3) is 11.5 Å². The van der Waals surface area contributed by atoms with Gasteiger partial charge in [0.05, 0.1) is 12.2 Å². The predicted octanol–water partition coefficient (Wildman–Crippen LogP) is 0.814. The van der Waals surface area contributed by atoms with E-state index in [4.69, 9.17) is 9.72 Å². The fourth-order valence-corrected chi connectivity index (χ4v) is 3.60. The molecule has 0 saturated carbocycles. The summed E-state index contributed by atoms with van der Waals surface area (Å²) in [6.07, 6.45) is 3.01. The molecule has 9 heteroatoms. The van der Waals surface area contributed by atoms with E-state index in [-0.39, 0.29) is 23.2 Å². The number of nitrogens with zero attached hydrogens (tertiary/aromatic N) is 5. The van der Waals surface area contributed by atoms with Crippen LogP contribution >= 0.6 is 0 Å². The minimum absolute atomic E-state index is 0.143. The van der Waals surface area contributed by atoms with E-state index in [1.54, 1.807) is 12.3 Å². The Labute approximate surface area is 181 Å². The van der Waals surface area contributed by atoms with Crippen molar-refractivity contribution in [3.8, 4) is 6.07 Å². The third kappa shape index (κ3) is 4.93. The zero-order chi connectivity index (χ0) is 22.4. The Morgan fingerprint density at radius 1 is 1.35 bits per heavy atom. The summed E-state index contributed by atoms with van der Waals surface area (Å²) in [6, 6.07) is 5.60. The van der Waals surface area contributed by atoms with E-state index in [1.165, 1.54) is 17.6 Å². The zero-order valence-corrected chi connectivity index (χ0v) is 18.2. The maximum Gasteiger partial charge on any atom is 0.267 e. The second-order valence-electron chi connectivity index (χ2n) is 7.38. The number of hydrogen-bond donors (Lipinski definition) is 1.